The molecule has 1 aromatic carbocycles. The van der Waals surface area contributed by atoms with Crippen molar-refractivity contribution < 1.29 is 14.6 Å². The first-order valence-corrected chi connectivity index (χ1v) is 6.44. The molecule has 1 N–H and O–H groups in total. The van der Waals surface area contributed by atoms with E-state index < -0.39 is 5.97 Å². The zero-order valence-electron chi connectivity index (χ0n) is 8.94. The molecule has 1 aromatic heterocycles. The molecule has 2 aromatic rings. The normalized spacial score (nSPS) is 10.2. The van der Waals surface area contributed by atoms with Gasteiger partial charge < -0.3 is 9.84 Å². The highest BCUT2D eigenvalue weighted by molar-refractivity contribution is 9.10. The summed E-state index contributed by atoms with van der Waals surface area (Å²) in [5, 5.41) is 9.38. The van der Waals surface area contributed by atoms with E-state index in [0.29, 0.717) is 5.06 Å². The molecule has 88 valence electrons. The van der Waals surface area contributed by atoms with Gasteiger partial charge in [-0.2, -0.15) is 0 Å². The fourth-order valence-corrected chi connectivity index (χ4v) is 2.33. The Morgan fingerprint density at radius 2 is 2.12 bits per heavy atom. The number of carboxylic acids is 1. The topological polar surface area (TPSA) is 46.5 Å². The zero-order valence-corrected chi connectivity index (χ0v) is 11.3. The van der Waals surface area contributed by atoms with Gasteiger partial charge in [-0.15, -0.1) is 0 Å². The largest absolute Gasteiger partial charge is 0.477 e. The van der Waals surface area contributed by atoms with Gasteiger partial charge in [-0.25, -0.2) is 4.79 Å². The first-order valence-electron chi connectivity index (χ1n) is 4.83. The number of rotatable bonds is 3. The van der Waals surface area contributed by atoms with Crippen molar-refractivity contribution in [1.82, 2.24) is 0 Å². The molecular weight excluding hydrogens is 304 g/mol. The van der Waals surface area contributed by atoms with Crippen LogP contribution in [0.2, 0.25) is 0 Å². The van der Waals surface area contributed by atoms with E-state index in [4.69, 9.17) is 9.84 Å². The molecule has 1 heterocycles. The number of ether oxygens (including phenoxy) is 1. The molecule has 0 aliphatic heterocycles. The second-order valence-corrected chi connectivity index (χ2v) is 5.40. The van der Waals surface area contributed by atoms with Crippen molar-refractivity contribution in [3.63, 3.8) is 0 Å². The highest BCUT2D eigenvalue weighted by atomic mass is 79.9. The van der Waals surface area contributed by atoms with Gasteiger partial charge in [0.2, 0.25) is 0 Å². The lowest BCUT2D eigenvalue weighted by Gasteiger charge is -2.06. The van der Waals surface area contributed by atoms with Gasteiger partial charge in [-0.05, 0) is 36.8 Å². The summed E-state index contributed by atoms with van der Waals surface area (Å²) < 4.78 is 6.57. The third-order valence-corrected chi connectivity index (χ3v) is 3.60. The minimum Gasteiger partial charge on any atom is -0.477 e. The lowest BCUT2D eigenvalue weighted by atomic mass is 10.2. The van der Waals surface area contributed by atoms with Gasteiger partial charge in [0, 0.05) is 4.47 Å². The van der Waals surface area contributed by atoms with Crippen LogP contribution in [0.1, 0.15) is 15.2 Å². The Balaban J connectivity index is 2.25. The maximum absolute atomic E-state index is 10.7. The molecule has 0 unspecified atom stereocenters. The maximum Gasteiger partial charge on any atom is 0.345 e. The van der Waals surface area contributed by atoms with Gasteiger partial charge in [0.05, 0.1) is 0 Å². The average molecular weight is 313 g/mol. The molecule has 0 aliphatic rings. The molecule has 0 fully saturated rings. The number of carbonyl (C=O) groups is 1. The fourth-order valence-electron chi connectivity index (χ4n) is 1.28. The number of carboxylic acid groups (broad SMARTS) is 1. The highest BCUT2D eigenvalue weighted by Crippen LogP contribution is 2.32. The summed E-state index contributed by atoms with van der Waals surface area (Å²) in [6.07, 6.45) is 0. The molecular formula is C12H9BrO3S. The quantitative estimate of drug-likeness (QED) is 0.918. The van der Waals surface area contributed by atoms with Crippen LogP contribution in [0, 0.1) is 6.92 Å². The second kappa shape index (κ2) is 4.89. The SMILES string of the molecule is Cc1ccc(Br)cc1Oc1ccc(C(=O)O)s1. The van der Waals surface area contributed by atoms with E-state index in [2.05, 4.69) is 15.9 Å². The zero-order chi connectivity index (χ0) is 12.4. The van der Waals surface area contributed by atoms with Crippen molar-refractivity contribution in [3.05, 3.63) is 45.2 Å². The van der Waals surface area contributed by atoms with E-state index in [-0.39, 0.29) is 4.88 Å². The van der Waals surface area contributed by atoms with Crippen LogP contribution in [0.3, 0.4) is 0 Å². The van der Waals surface area contributed by atoms with Crippen LogP contribution in [-0.2, 0) is 0 Å². The summed E-state index contributed by atoms with van der Waals surface area (Å²) >= 11 is 4.48. The molecule has 0 bridgehead atoms. The number of hydrogen-bond donors (Lipinski definition) is 1. The van der Waals surface area contributed by atoms with Crippen LogP contribution in [0.25, 0.3) is 0 Å². The number of halogens is 1. The molecule has 0 radical (unpaired) electrons. The van der Waals surface area contributed by atoms with Crippen LogP contribution in [0.15, 0.2) is 34.8 Å². The van der Waals surface area contributed by atoms with E-state index in [1.807, 2.05) is 25.1 Å². The summed E-state index contributed by atoms with van der Waals surface area (Å²) in [4.78, 5) is 11.0. The van der Waals surface area contributed by atoms with Crippen molar-refractivity contribution in [1.29, 1.82) is 0 Å². The Hall–Kier alpha value is -1.33. The van der Waals surface area contributed by atoms with Crippen LogP contribution in [-0.4, -0.2) is 11.1 Å². The maximum atomic E-state index is 10.7. The summed E-state index contributed by atoms with van der Waals surface area (Å²) in [6, 6.07) is 8.92. The number of thiophene rings is 1. The predicted octanol–water partition coefficient (Wildman–Crippen LogP) is 4.31. The molecule has 5 heteroatoms. The predicted molar refractivity (Wildman–Crippen MR) is 70.2 cm³/mol. The fraction of sp³-hybridized carbons (Fsp3) is 0.0833. The van der Waals surface area contributed by atoms with Crippen LogP contribution in [0.4, 0.5) is 0 Å². The molecule has 0 aliphatic carbocycles. The van der Waals surface area contributed by atoms with Gasteiger partial charge in [0.1, 0.15) is 10.6 Å². The minimum absolute atomic E-state index is 0.271. The van der Waals surface area contributed by atoms with Crippen LogP contribution >= 0.6 is 27.3 Å². The third-order valence-electron chi connectivity index (χ3n) is 2.15. The molecule has 3 nitrogen and oxygen atoms in total. The van der Waals surface area contributed by atoms with E-state index in [1.165, 1.54) is 6.07 Å². The van der Waals surface area contributed by atoms with Crippen molar-refractivity contribution in [2.24, 2.45) is 0 Å². The molecule has 0 spiro atoms. The summed E-state index contributed by atoms with van der Waals surface area (Å²) in [7, 11) is 0. The number of hydrogen-bond acceptors (Lipinski definition) is 3. The van der Waals surface area contributed by atoms with Gasteiger partial charge in [0.15, 0.2) is 5.06 Å². The number of benzene rings is 1. The molecule has 2 rings (SSSR count). The second-order valence-electron chi connectivity index (χ2n) is 3.44. The Kier molecular flexibility index (Phi) is 3.49. The Bertz CT molecular complexity index is 563. The monoisotopic (exact) mass is 312 g/mol. The standard InChI is InChI=1S/C12H9BrO3S/c1-7-2-3-8(13)6-9(7)16-11-5-4-10(17-11)12(14)15/h2-6H,1H3,(H,14,15). The first-order chi connectivity index (χ1) is 8.06. The van der Waals surface area contributed by atoms with Crippen LogP contribution in [0.5, 0.6) is 10.8 Å². The highest BCUT2D eigenvalue weighted by Gasteiger charge is 2.09. The Labute approximate surface area is 111 Å². The van der Waals surface area contributed by atoms with E-state index in [1.54, 1.807) is 6.07 Å². The number of aromatic carboxylic acids is 1. The van der Waals surface area contributed by atoms with Gasteiger partial charge >= 0.3 is 5.97 Å². The van der Waals surface area contributed by atoms with E-state index >= 15 is 0 Å². The molecule has 17 heavy (non-hydrogen) atoms. The van der Waals surface area contributed by atoms with Crippen molar-refractivity contribution in [2.75, 3.05) is 0 Å². The first kappa shape index (κ1) is 12.1. The lowest BCUT2D eigenvalue weighted by Crippen LogP contribution is -1.89. The molecule has 0 amide bonds. The minimum atomic E-state index is -0.934. The third kappa shape index (κ3) is 2.87. The summed E-state index contributed by atoms with van der Waals surface area (Å²) in [5.41, 5.74) is 0.999. The van der Waals surface area contributed by atoms with Crippen molar-refractivity contribution in [3.8, 4) is 10.8 Å². The van der Waals surface area contributed by atoms with Gasteiger partial charge in [-0.3, -0.25) is 0 Å². The Morgan fingerprint density at radius 1 is 1.35 bits per heavy atom. The Morgan fingerprint density at radius 3 is 2.76 bits per heavy atom. The molecule has 0 saturated carbocycles. The van der Waals surface area contributed by atoms with Crippen molar-refractivity contribution in [2.45, 2.75) is 6.92 Å². The summed E-state index contributed by atoms with van der Waals surface area (Å²) in [6.45, 7) is 1.94. The van der Waals surface area contributed by atoms with Crippen molar-refractivity contribution >= 4 is 33.2 Å². The van der Waals surface area contributed by atoms with E-state index in [9.17, 15) is 4.79 Å². The van der Waals surface area contributed by atoms with Gasteiger partial charge in [-0.1, -0.05) is 33.3 Å². The molecule has 0 atom stereocenters. The van der Waals surface area contributed by atoms with Gasteiger partial charge in [0.25, 0.3) is 0 Å². The lowest BCUT2D eigenvalue weighted by molar-refractivity contribution is 0.0702. The smallest absolute Gasteiger partial charge is 0.345 e. The molecule has 0 saturated heterocycles. The number of aryl methyl sites for hydroxylation is 1. The average Bonchev–Trinajstić information content (AvgIpc) is 2.72. The van der Waals surface area contributed by atoms with E-state index in [0.717, 1.165) is 27.1 Å². The summed E-state index contributed by atoms with van der Waals surface area (Å²) in [5.74, 6) is -0.214. The van der Waals surface area contributed by atoms with Crippen LogP contribution < -0.4 is 4.74 Å².